The van der Waals surface area contributed by atoms with Crippen molar-refractivity contribution in [2.45, 2.75) is 26.4 Å². The first-order valence-electron chi connectivity index (χ1n) is 4.50. The Morgan fingerprint density at radius 1 is 1.50 bits per heavy atom. The molecule has 88 valence electrons. The summed E-state index contributed by atoms with van der Waals surface area (Å²) in [5, 5.41) is 12.1. The third kappa shape index (κ3) is 3.46. The second kappa shape index (κ2) is 4.44. The van der Waals surface area contributed by atoms with Crippen molar-refractivity contribution in [1.29, 1.82) is 0 Å². The molecule has 16 heavy (non-hydrogen) atoms. The highest BCUT2D eigenvalue weighted by Gasteiger charge is 2.19. The average Bonchev–Trinajstić information content (AvgIpc) is 2.47. The maximum atomic E-state index is 11.4. The molecule has 7 nitrogen and oxygen atoms in total. The Balaban J connectivity index is 2.70. The Morgan fingerprint density at radius 2 is 2.12 bits per heavy atom. The molecule has 1 amide bonds. The second-order valence-electron chi connectivity index (χ2n) is 4.01. The summed E-state index contributed by atoms with van der Waals surface area (Å²) in [7, 11) is 0. The number of hydrogen-bond donors (Lipinski definition) is 3. The summed E-state index contributed by atoms with van der Waals surface area (Å²) in [5.74, 6) is 0.154. The zero-order chi connectivity index (χ0) is 12.3. The number of aromatic nitrogens is 3. The van der Waals surface area contributed by atoms with Crippen molar-refractivity contribution in [2.24, 2.45) is 5.73 Å². The van der Waals surface area contributed by atoms with Gasteiger partial charge in [0.2, 0.25) is 0 Å². The number of carbonyl (C=O) groups excluding carboxylic acids is 1. The standard InChI is InChI=1S/C8H13N5O2S/c1-8(2,3)15-7(14)10-6-4(5(9)16)11-13-12-6/h1-3H3,(H2,9,16)(H2,10,11,12,13,14). The number of hydrogen-bond acceptors (Lipinski definition) is 5. The number of rotatable bonds is 2. The quantitative estimate of drug-likeness (QED) is 0.663. The first kappa shape index (κ1) is 12.4. The minimum absolute atomic E-state index is 0.0415. The molecule has 0 aliphatic carbocycles. The first-order chi connectivity index (χ1) is 7.29. The van der Waals surface area contributed by atoms with Crippen LogP contribution in [-0.4, -0.2) is 32.1 Å². The van der Waals surface area contributed by atoms with Crippen molar-refractivity contribution in [1.82, 2.24) is 15.4 Å². The number of aromatic amines is 1. The molecule has 4 N–H and O–H groups in total. The van der Waals surface area contributed by atoms with Gasteiger partial charge in [-0.15, -0.1) is 5.10 Å². The van der Waals surface area contributed by atoms with E-state index in [1.54, 1.807) is 20.8 Å². The summed E-state index contributed by atoms with van der Waals surface area (Å²) in [4.78, 5) is 11.4. The molecule has 1 aromatic heterocycles. The van der Waals surface area contributed by atoms with E-state index in [2.05, 4.69) is 20.7 Å². The molecule has 0 unspecified atom stereocenters. The first-order valence-corrected chi connectivity index (χ1v) is 4.91. The zero-order valence-corrected chi connectivity index (χ0v) is 10.0. The van der Waals surface area contributed by atoms with Gasteiger partial charge in [-0.3, -0.25) is 5.32 Å². The molecule has 0 aromatic carbocycles. The van der Waals surface area contributed by atoms with Gasteiger partial charge in [0.1, 0.15) is 10.6 Å². The number of nitrogens with two attached hydrogens (primary N) is 1. The summed E-state index contributed by atoms with van der Waals surface area (Å²) >= 11 is 4.73. The Hall–Kier alpha value is -1.70. The number of carbonyl (C=O) groups is 1. The van der Waals surface area contributed by atoms with Crippen molar-refractivity contribution < 1.29 is 9.53 Å². The molecule has 0 radical (unpaired) electrons. The predicted molar refractivity (Wildman–Crippen MR) is 62.1 cm³/mol. The normalized spacial score (nSPS) is 10.9. The van der Waals surface area contributed by atoms with Gasteiger partial charge in [0.25, 0.3) is 0 Å². The van der Waals surface area contributed by atoms with Crippen LogP contribution in [0, 0.1) is 0 Å². The molecule has 0 saturated heterocycles. The number of thiocarbonyl (C=S) groups is 1. The molecule has 0 aliphatic rings. The van der Waals surface area contributed by atoms with E-state index in [0.717, 1.165) is 0 Å². The van der Waals surface area contributed by atoms with E-state index in [9.17, 15) is 4.79 Å². The maximum absolute atomic E-state index is 11.4. The van der Waals surface area contributed by atoms with Crippen LogP contribution in [0.5, 0.6) is 0 Å². The molecular formula is C8H13N5O2S. The number of amides is 1. The zero-order valence-electron chi connectivity index (χ0n) is 9.20. The molecule has 1 heterocycles. The number of ether oxygens (including phenoxy) is 1. The molecule has 0 aliphatic heterocycles. The topological polar surface area (TPSA) is 106 Å². The lowest BCUT2D eigenvalue weighted by Crippen LogP contribution is -2.28. The minimum atomic E-state index is -0.640. The van der Waals surface area contributed by atoms with Crippen LogP contribution in [0.25, 0.3) is 0 Å². The third-order valence-electron chi connectivity index (χ3n) is 1.40. The van der Waals surface area contributed by atoms with Crippen molar-refractivity contribution in [3.63, 3.8) is 0 Å². The summed E-state index contributed by atoms with van der Waals surface area (Å²) in [6.07, 6.45) is -0.640. The Bertz CT molecular complexity index is 409. The van der Waals surface area contributed by atoms with Gasteiger partial charge in [0.15, 0.2) is 11.5 Å². The van der Waals surface area contributed by atoms with Crippen LogP contribution >= 0.6 is 12.2 Å². The van der Waals surface area contributed by atoms with Crippen molar-refractivity contribution >= 4 is 29.1 Å². The van der Waals surface area contributed by atoms with Crippen molar-refractivity contribution in [3.8, 4) is 0 Å². The van der Waals surface area contributed by atoms with Crippen LogP contribution in [0.15, 0.2) is 0 Å². The molecule has 0 fully saturated rings. The monoisotopic (exact) mass is 243 g/mol. The van der Waals surface area contributed by atoms with Gasteiger partial charge in [-0.05, 0) is 20.8 Å². The number of H-pyrrole nitrogens is 1. The van der Waals surface area contributed by atoms with Gasteiger partial charge in [-0.25, -0.2) is 4.79 Å². The molecule has 0 spiro atoms. The van der Waals surface area contributed by atoms with Crippen LogP contribution in [0.3, 0.4) is 0 Å². The summed E-state index contributed by atoms with van der Waals surface area (Å²) in [6, 6.07) is 0. The van der Waals surface area contributed by atoms with Crippen molar-refractivity contribution in [2.75, 3.05) is 5.32 Å². The number of nitrogens with zero attached hydrogens (tertiary/aromatic N) is 2. The molecule has 1 rings (SSSR count). The fourth-order valence-electron chi connectivity index (χ4n) is 0.890. The van der Waals surface area contributed by atoms with Crippen LogP contribution in [0.4, 0.5) is 10.6 Å². The number of nitrogens with one attached hydrogen (secondary N) is 2. The van der Waals surface area contributed by atoms with E-state index in [0.29, 0.717) is 0 Å². The van der Waals surface area contributed by atoms with Crippen molar-refractivity contribution in [3.05, 3.63) is 5.69 Å². The van der Waals surface area contributed by atoms with E-state index in [4.69, 9.17) is 22.7 Å². The van der Waals surface area contributed by atoms with E-state index < -0.39 is 11.7 Å². The predicted octanol–water partition coefficient (Wildman–Crippen LogP) is 0.786. The highest BCUT2D eigenvalue weighted by Crippen LogP contribution is 2.11. The molecular weight excluding hydrogens is 230 g/mol. The fraction of sp³-hybridized carbons (Fsp3) is 0.500. The number of anilines is 1. The van der Waals surface area contributed by atoms with E-state index in [-0.39, 0.29) is 16.5 Å². The van der Waals surface area contributed by atoms with Gasteiger partial charge in [0.05, 0.1) is 0 Å². The van der Waals surface area contributed by atoms with Crippen LogP contribution in [0.2, 0.25) is 0 Å². The van der Waals surface area contributed by atoms with Crippen LogP contribution < -0.4 is 11.1 Å². The second-order valence-corrected chi connectivity index (χ2v) is 4.45. The molecule has 0 bridgehead atoms. The third-order valence-corrected chi connectivity index (χ3v) is 1.59. The van der Waals surface area contributed by atoms with Gasteiger partial charge >= 0.3 is 6.09 Å². The Labute approximate surface area is 97.7 Å². The fourth-order valence-corrected chi connectivity index (χ4v) is 1.03. The Morgan fingerprint density at radius 3 is 2.62 bits per heavy atom. The van der Waals surface area contributed by atoms with Gasteiger partial charge in [-0.1, -0.05) is 12.2 Å². The summed E-state index contributed by atoms with van der Waals surface area (Å²) in [5.41, 5.74) is 5.02. The van der Waals surface area contributed by atoms with Crippen LogP contribution in [0.1, 0.15) is 26.5 Å². The largest absolute Gasteiger partial charge is 0.444 e. The highest BCUT2D eigenvalue weighted by atomic mass is 32.1. The SMILES string of the molecule is CC(C)(C)OC(=O)Nc1n[nH]nc1C(N)=S. The maximum Gasteiger partial charge on any atom is 0.413 e. The van der Waals surface area contributed by atoms with Crippen LogP contribution in [-0.2, 0) is 4.74 Å². The van der Waals surface area contributed by atoms with E-state index >= 15 is 0 Å². The lowest BCUT2D eigenvalue weighted by atomic mass is 10.2. The lowest BCUT2D eigenvalue weighted by molar-refractivity contribution is 0.0635. The lowest BCUT2D eigenvalue weighted by Gasteiger charge is -2.19. The molecule has 1 aromatic rings. The van der Waals surface area contributed by atoms with E-state index in [1.807, 2.05) is 0 Å². The Kier molecular flexibility index (Phi) is 3.43. The van der Waals surface area contributed by atoms with Gasteiger partial charge in [0, 0.05) is 0 Å². The van der Waals surface area contributed by atoms with Gasteiger partial charge < -0.3 is 10.5 Å². The van der Waals surface area contributed by atoms with Gasteiger partial charge in [-0.2, -0.15) is 10.3 Å². The average molecular weight is 243 g/mol. The molecule has 8 heteroatoms. The smallest absolute Gasteiger partial charge is 0.413 e. The summed E-state index contributed by atoms with van der Waals surface area (Å²) in [6.45, 7) is 5.26. The van der Waals surface area contributed by atoms with E-state index in [1.165, 1.54) is 0 Å². The minimum Gasteiger partial charge on any atom is -0.444 e. The molecule has 0 atom stereocenters. The molecule has 0 saturated carbocycles. The highest BCUT2D eigenvalue weighted by molar-refractivity contribution is 7.80. The summed E-state index contributed by atoms with van der Waals surface area (Å²) < 4.78 is 5.03.